The van der Waals surface area contributed by atoms with E-state index in [2.05, 4.69) is 15.7 Å². The second-order valence-corrected chi connectivity index (χ2v) is 7.64. The Kier molecular flexibility index (Phi) is 5.17. The summed E-state index contributed by atoms with van der Waals surface area (Å²) in [4.78, 5) is 47.8. The minimum atomic E-state index is -0.803. The van der Waals surface area contributed by atoms with Crippen molar-refractivity contribution in [3.8, 4) is 0 Å². The molecule has 0 radical (unpaired) electrons. The van der Waals surface area contributed by atoms with Crippen LogP contribution in [0.5, 0.6) is 0 Å². The van der Waals surface area contributed by atoms with Gasteiger partial charge >= 0.3 is 6.09 Å². The molecule has 2 N–H and O–H groups in total. The highest BCUT2D eigenvalue weighted by atomic mass is 16.6. The maximum absolute atomic E-state index is 12.7. The monoisotopic (exact) mass is 386 g/mol. The summed E-state index contributed by atoms with van der Waals surface area (Å²) in [5, 5.41) is 9.99. The van der Waals surface area contributed by atoms with Crippen LogP contribution in [0.2, 0.25) is 0 Å². The molecule has 3 amide bonds. The van der Waals surface area contributed by atoms with Crippen LogP contribution in [0.4, 0.5) is 4.79 Å². The number of nitrogens with zero attached hydrogens (tertiary/aromatic N) is 2. The molecule has 148 valence electrons. The van der Waals surface area contributed by atoms with E-state index in [-0.39, 0.29) is 25.3 Å². The first-order chi connectivity index (χ1) is 13.1. The normalized spacial score (nSPS) is 17.3. The molecule has 3 rings (SSSR count). The number of hydrogen-bond acceptors (Lipinski definition) is 6. The van der Waals surface area contributed by atoms with Crippen LogP contribution in [0, 0.1) is 0 Å². The van der Waals surface area contributed by atoms with E-state index in [0.29, 0.717) is 10.8 Å². The molecule has 0 spiro atoms. The highest BCUT2D eigenvalue weighted by molar-refractivity contribution is 5.99. The van der Waals surface area contributed by atoms with Crippen molar-refractivity contribution in [1.29, 1.82) is 0 Å². The topological polar surface area (TPSA) is 119 Å². The lowest BCUT2D eigenvalue weighted by Gasteiger charge is -2.21. The van der Waals surface area contributed by atoms with E-state index in [4.69, 9.17) is 4.74 Å². The number of fused-ring (bicyclic) bond motifs is 1. The van der Waals surface area contributed by atoms with E-state index >= 15 is 0 Å². The first-order valence-electron chi connectivity index (χ1n) is 8.95. The number of alkyl carbamates (subject to hydrolysis) is 1. The van der Waals surface area contributed by atoms with Crippen LogP contribution in [-0.4, -0.2) is 33.3 Å². The molecular weight excluding hydrogens is 364 g/mol. The van der Waals surface area contributed by atoms with Gasteiger partial charge in [0.1, 0.15) is 11.6 Å². The lowest BCUT2D eigenvalue weighted by atomic mass is 10.1. The van der Waals surface area contributed by atoms with Gasteiger partial charge in [0.15, 0.2) is 0 Å². The molecule has 9 nitrogen and oxygen atoms in total. The molecule has 1 aliphatic rings. The van der Waals surface area contributed by atoms with Gasteiger partial charge in [0, 0.05) is 18.4 Å². The number of piperidine rings is 1. The zero-order valence-electron chi connectivity index (χ0n) is 15.9. The summed E-state index contributed by atoms with van der Waals surface area (Å²) in [6.07, 6.45) is 1.37. The van der Waals surface area contributed by atoms with Crippen molar-refractivity contribution in [2.75, 3.05) is 0 Å². The van der Waals surface area contributed by atoms with Gasteiger partial charge in [0.05, 0.1) is 11.6 Å². The highest BCUT2D eigenvalue weighted by Crippen LogP contribution is 2.18. The lowest BCUT2D eigenvalue weighted by molar-refractivity contribution is -0.136. The number of imide groups is 1. The molecule has 28 heavy (non-hydrogen) atoms. The highest BCUT2D eigenvalue weighted by Gasteiger charge is 2.29. The third-order valence-corrected chi connectivity index (χ3v) is 4.22. The number of amides is 3. The van der Waals surface area contributed by atoms with Gasteiger partial charge in [-0.3, -0.25) is 19.7 Å². The maximum atomic E-state index is 12.7. The minimum absolute atomic E-state index is 0.165. The summed E-state index contributed by atoms with van der Waals surface area (Å²) in [7, 11) is 0. The van der Waals surface area contributed by atoms with Gasteiger partial charge in [-0.15, -0.1) is 0 Å². The number of carbonyl (C=O) groups is 3. The van der Waals surface area contributed by atoms with Gasteiger partial charge in [-0.05, 0) is 44.9 Å². The van der Waals surface area contributed by atoms with Gasteiger partial charge in [-0.1, -0.05) is 6.07 Å². The summed E-state index contributed by atoms with van der Waals surface area (Å²) < 4.78 is 6.30. The summed E-state index contributed by atoms with van der Waals surface area (Å²) in [6.45, 7) is 5.58. The van der Waals surface area contributed by atoms with E-state index in [0.717, 1.165) is 10.2 Å². The van der Waals surface area contributed by atoms with Crippen molar-refractivity contribution in [3.63, 3.8) is 0 Å². The number of nitrogens with one attached hydrogen (secondary N) is 2. The first kappa shape index (κ1) is 19.5. The molecule has 9 heteroatoms. The number of benzene rings is 1. The number of ether oxygens (including phenoxy) is 1. The Hall–Kier alpha value is -3.23. The fraction of sp³-hybridized carbons (Fsp3) is 0.421. The van der Waals surface area contributed by atoms with Crippen LogP contribution in [0.1, 0.15) is 45.2 Å². The van der Waals surface area contributed by atoms with Crippen LogP contribution in [0.3, 0.4) is 0 Å². The lowest BCUT2D eigenvalue weighted by Crippen LogP contribution is -2.45. The third kappa shape index (κ3) is 4.36. The van der Waals surface area contributed by atoms with Crippen molar-refractivity contribution in [1.82, 2.24) is 20.4 Å². The molecule has 1 saturated heterocycles. The molecule has 0 bridgehead atoms. The quantitative estimate of drug-likeness (QED) is 0.770. The Morgan fingerprint density at radius 3 is 2.75 bits per heavy atom. The zero-order chi connectivity index (χ0) is 20.5. The largest absolute Gasteiger partial charge is 0.444 e. The summed E-state index contributed by atoms with van der Waals surface area (Å²) in [5.74, 6) is -0.874. The van der Waals surface area contributed by atoms with Crippen molar-refractivity contribution in [2.45, 2.75) is 51.8 Å². The third-order valence-electron chi connectivity index (χ3n) is 4.22. The fourth-order valence-corrected chi connectivity index (χ4v) is 2.95. The molecular formula is C19H22N4O5. The van der Waals surface area contributed by atoms with E-state index in [9.17, 15) is 19.2 Å². The SMILES string of the molecule is CC(C)(C)OC(=O)NCc1ccc2c(=O)n(C3CCC(=O)NC3=O)ncc2c1. The molecule has 0 aliphatic carbocycles. The number of aromatic nitrogens is 2. The Labute approximate surface area is 161 Å². The predicted octanol–water partition coefficient (Wildman–Crippen LogP) is 1.40. The van der Waals surface area contributed by atoms with E-state index in [1.54, 1.807) is 39.0 Å². The molecule has 1 aromatic heterocycles. The van der Waals surface area contributed by atoms with Gasteiger partial charge in [0.25, 0.3) is 11.5 Å². The summed E-state index contributed by atoms with van der Waals surface area (Å²) in [5.41, 5.74) is -0.213. The van der Waals surface area contributed by atoms with Crippen LogP contribution >= 0.6 is 0 Å². The summed E-state index contributed by atoms with van der Waals surface area (Å²) >= 11 is 0. The smallest absolute Gasteiger partial charge is 0.407 e. The van der Waals surface area contributed by atoms with E-state index in [1.807, 2.05) is 0 Å². The molecule has 1 fully saturated rings. The number of hydrogen-bond donors (Lipinski definition) is 2. The predicted molar refractivity (Wildman–Crippen MR) is 100 cm³/mol. The molecule has 1 atom stereocenters. The molecule has 2 aromatic rings. The average Bonchev–Trinajstić information content (AvgIpc) is 2.59. The van der Waals surface area contributed by atoms with Gasteiger partial charge in [-0.2, -0.15) is 5.10 Å². The van der Waals surface area contributed by atoms with E-state index in [1.165, 1.54) is 6.20 Å². The zero-order valence-corrected chi connectivity index (χ0v) is 15.9. The van der Waals surface area contributed by atoms with Crippen molar-refractivity contribution in [2.24, 2.45) is 0 Å². The second-order valence-electron chi connectivity index (χ2n) is 7.64. The Morgan fingerprint density at radius 1 is 1.32 bits per heavy atom. The van der Waals surface area contributed by atoms with Crippen molar-refractivity contribution in [3.05, 3.63) is 40.3 Å². The van der Waals surface area contributed by atoms with Crippen LogP contribution in [0.25, 0.3) is 10.8 Å². The average molecular weight is 386 g/mol. The van der Waals surface area contributed by atoms with Crippen LogP contribution in [-0.2, 0) is 20.9 Å². The number of rotatable bonds is 3. The molecule has 0 saturated carbocycles. The molecule has 1 unspecified atom stereocenters. The van der Waals surface area contributed by atoms with Crippen LogP contribution in [0.15, 0.2) is 29.2 Å². The Balaban J connectivity index is 1.79. The van der Waals surface area contributed by atoms with Crippen LogP contribution < -0.4 is 16.2 Å². The molecule has 1 aliphatic heterocycles. The van der Waals surface area contributed by atoms with Gasteiger partial charge < -0.3 is 10.1 Å². The van der Waals surface area contributed by atoms with Crippen molar-refractivity contribution < 1.29 is 19.1 Å². The maximum Gasteiger partial charge on any atom is 0.407 e. The van der Waals surface area contributed by atoms with Gasteiger partial charge in [0.2, 0.25) is 5.91 Å². The summed E-state index contributed by atoms with van der Waals surface area (Å²) in [6, 6.07) is 4.29. The fourth-order valence-electron chi connectivity index (χ4n) is 2.95. The second kappa shape index (κ2) is 7.41. The van der Waals surface area contributed by atoms with E-state index < -0.39 is 29.2 Å². The van der Waals surface area contributed by atoms with Gasteiger partial charge in [-0.25, -0.2) is 9.48 Å². The first-order valence-corrected chi connectivity index (χ1v) is 8.95. The standard InChI is InChI=1S/C19H22N4O5/c1-19(2,3)28-18(27)20-9-11-4-5-13-12(8-11)10-21-23(17(13)26)14-6-7-15(24)22-16(14)25/h4-5,8,10,14H,6-7,9H2,1-3H3,(H,20,27)(H,22,24,25). The Morgan fingerprint density at radius 2 is 2.07 bits per heavy atom. The number of carbonyl (C=O) groups excluding carboxylic acids is 3. The Bertz CT molecular complexity index is 1010. The van der Waals surface area contributed by atoms with Crippen molar-refractivity contribution >= 4 is 28.7 Å². The minimum Gasteiger partial charge on any atom is -0.444 e. The molecule has 1 aromatic carbocycles. The molecule has 2 heterocycles.